The van der Waals surface area contributed by atoms with Crippen LogP contribution in [0.15, 0.2) is 24.3 Å². The summed E-state index contributed by atoms with van der Waals surface area (Å²) in [4.78, 5) is 11.9. The molecule has 0 radical (unpaired) electrons. The van der Waals surface area contributed by atoms with Crippen molar-refractivity contribution in [1.82, 2.24) is 20.2 Å². The van der Waals surface area contributed by atoms with Gasteiger partial charge in [-0.25, -0.2) is 4.68 Å². The number of aromatic nitrogens is 4. The zero-order valence-electron chi connectivity index (χ0n) is 12.3. The van der Waals surface area contributed by atoms with Gasteiger partial charge in [-0.1, -0.05) is 19.1 Å². The third kappa shape index (κ3) is 3.42. The van der Waals surface area contributed by atoms with Crippen molar-refractivity contribution in [3.63, 3.8) is 0 Å². The molecule has 22 heavy (non-hydrogen) atoms. The van der Waals surface area contributed by atoms with Gasteiger partial charge in [0.05, 0.1) is 6.04 Å². The molecule has 3 N–H and O–H groups in total. The molecule has 1 aliphatic rings. The van der Waals surface area contributed by atoms with E-state index in [-0.39, 0.29) is 24.2 Å². The summed E-state index contributed by atoms with van der Waals surface area (Å²) >= 11 is 0. The number of benzene rings is 1. The molecule has 1 aromatic carbocycles. The maximum absolute atomic E-state index is 11.9. The van der Waals surface area contributed by atoms with Gasteiger partial charge in [-0.05, 0) is 35.4 Å². The van der Waals surface area contributed by atoms with Crippen LogP contribution in [0.25, 0.3) is 11.4 Å². The van der Waals surface area contributed by atoms with Gasteiger partial charge >= 0.3 is 0 Å². The van der Waals surface area contributed by atoms with Crippen LogP contribution < -0.4 is 11.1 Å². The van der Waals surface area contributed by atoms with Gasteiger partial charge in [-0.2, -0.15) is 0 Å². The maximum Gasteiger partial charge on any atom is 0.228 e. The fraction of sp³-hybridized carbons (Fsp3) is 0.429. The van der Waals surface area contributed by atoms with Crippen LogP contribution in [0.5, 0.6) is 0 Å². The third-order valence-corrected chi connectivity index (χ3v) is 3.58. The molecule has 1 unspecified atom stereocenters. The number of carbonyl (C=O) groups excluding carboxylic acids is 1. The van der Waals surface area contributed by atoms with Crippen LogP contribution in [0.3, 0.4) is 0 Å². The van der Waals surface area contributed by atoms with Crippen molar-refractivity contribution in [3.05, 3.63) is 24.3 Å². The van der Waals surface area contributed by atoms with E-state index in [2.05, 4.69) is 20.8 Å². The largest absolute Gasteiger partial charge is 0.330 e. The lowest BCUT2D eigenvalue weighted by Crippen LogP contribution is -2.26. The number of rotatable bonds is 5. The molecular formula is C14H19ClN6O. The SMILES string of the molecule is CC(CN)C(=O)Nc1cccc(-c2nnnn2C2CC2)c1.Cl. The van der Waals surface area contributed by atoms with Crippen molar-refractivity contribution in [2.75, 3.05) is 11.9 Å². The molecule has 0 aliphatic heterocycles. The average Bonchev–Trinajstić information content (AvgIpc) is 3.23. The van der Waals surface area contributed by atoms with Gasteiger partial charge in [-0.3, -0.25) is 4.79 Å². The van der Waals surface area contributed by atoms with Crippen LogP contribution >= 0.6 is 12.4 Å². The Kier molecular flexibility index (Phi) is 5.10. The predicted molar refractivity (Wildman–Crippen MR) is 85.6 cm³/mol. The summed E-state index contributed by atoms with van der Waals surface area (Å²) in [5.74, 6) is 0.433. The van der Waals surface area contributed by atoms with Gasteiger partial charge in [0.2, 0.25) is 5.91 Å². The van der Waals surface area contributed by atoms with Crippen molar-refractivity contribution in [3.8, 4) is 11.4 Å². The lowest BCUT2D eigenvalue weighted by atomic mass is 10.1. The van der Waals surface area contributed by atoms with E-state index in [1.807, 2.05) is 28.9 Å². The second-order valence-electron chi connectivity index (χ2n) is 5.39. The lowest BCUT2D eigenvalue weighted by Gasteiger charge is -2.11. The first-order valence-electron chi connectivity index (χ1n) is 7.08. The molecule has 7 nitrogen and oxygen atoms in total. The van der Waals surface area contributed by atoms with Gasteiger partial charge in [0.15, 0.2) is 5.82 Å². The van der Waals surface area contributed by atoms with E-state index in [0.717, 1.165) is 29.9 Å². The number of nitrogens with one attached hydrogen (secondary N) is 1. The number of halogens is 1. The quantitative estimate of drug-likeness (QED) is 0.871. The van der Waals surface area contributed by atoms with E-state index in [0.29, 0.717) is 12.6 Å². The second kappa shape index (κ2) is 6.85. The van der Waals surface area contributed by atoms with Crippen molar-refractivity contribution in [2.24, 2.45) is 11.7 Å². The van der Waals surface area contributed by atoms with E-state index in [1.54, 1.807) is 6.92 Å². The van der Waals surface area contributed by atoms with E-state index in [1.165, 1.54) is 0 Å². The number of carbonyl (C=O) groups is 1. The van der Waals surface area contributed by atoms with Crippen LogP contribution in [-0.4, -0.2) is 32.7 Å². The normalized spacial score (nSPS) is 15.0. The molecule has 8 heteroatoms. The Morgan fingerprint density at radius 2 is 2.27 bits per heavy atom. The number of hydrogen-bond acceptors (Lipinski definition) is 5. The Labute approximate surface area is 134 Å². The molecule has 1 atom stereocenters. The minimum absolute atomic E-state index is 0. The number of amides is 1. The molecule has 3 rings (SSSR count). The maximum atomic E-state index is 11.9. The Morgan fingerprint density at radius 1 is 1.50 bits per heavy atom. The molecular weight excluding hydrogens is 304 g/mol. The second-order valence-corrected chi connectivity index (χ2v) is 5.39. The zero-order valence-corrected chi connectivity index (χ0v) is 13.1. The smallest absolute Gasteiger partial charge is 0.228 e. The molecule has 1 amide bonds. The highest BCUT2D eigenvalue weighted by Crippen LogP contribution is 2.36. The van der Waals surface area contributed by atoms with Crippen LogP contribution in [-0.2, 0) is 4.79 Å². The van der Waals surface area contributed by atoms with Crippen molar-refractivity contribution < 1.29 is 4.79 Å². The summed E-state index contributed by atoms with van der Waals surface area (Å²) in [5.41, 5.74) is 7.12. The highest BCUT2D eigenvalue weighted by atomic mass is 35.5. The Morgan fingerprint density at radius 3 is 2.95 bits per heavy atom. The standard InChI is InChI=1S/C14H18N6O.ClH/c1-9(8-15)14(21)16-11-4-2-3-10(7-11)13-17-18-19-20(13)12-5-6-12;/h2-4,7,9,12H,5-6,8,15H2,1H3,(H,16,21);1H. The van der Waals surface area contributed by atoms with Crippen LogP contribution in [0.2, 0.25) is 0 Å². The Balaban J connectivity index is 0.00000176. The van der Waals surface area contributed by atoms with Gasteiger partial charge in [0.25, 0.3) is 0 Å². The topological polar surface area (TPSA) is 98.7 Å². The first kappa shape index (κ1) is 16.4. The summed E-state index contributed by atoms with van der Waals surface area (Å²) < 4.78 is 1.85. The highest BCUT2D eigenvalue weighted by molar-refractivity contribution is 5.93. The number of anilines is 1. The lowest BCUT2D eigenvalue weighted by molar-refractivity contribution is -0.119. The van der Waals surface area contributed by atoms with E-state index < -0.39 is 0 Å². The van der Waals surface area contributed by atoms with Crippen LogP contribution in [0.4, 0.5) is 5.69 Å². The number of hydrogen-bond donors (Lipinski definition) is 2. The molecule has 1 heterocycles. The van der Waals surface area contributed by atoms with E-state index in [9.17, 15) is 4.79 Å². The summed E-state index contributed by atoms with van der Waals surface area (Å²) in [5, 5.41) is 14.7. The molecule has 0 bridgehead atoms. The zero-order chi connectivity index (χ0) is 14.8. The minimum Gasteiger partial charge on any atom is -0.330 e. The van der Waals surface area contributed by atoms with Crippen LogP contribution in [0, 0.1) is 5.92 Å². The highest BCUT2D eigenvalue weighted by Gasteiger charge is 2.28. The van der Waals surface area contributed by atoms with Gasteiger partial charge in [0, 0.05) is 23.7 Å². The fourth-order valence-corrected chi connectivity index (χ4v) is 2.06. The fourth-order valence-electron chi connectivity index (χ4n) is 2.06. The molecule has 2 aromatic rings. The van der Waals surface area contributed by atoms with Crippen LogP contribution in [0.1, 0.15) is 25.8 Å². The molecule has 0 spiro atoms. The monoisotopic (exact) mass is 322 g/mol. The van der Waals surface area contributed by atoms with Gasteiger partial charge in [-0.15, -0.1) is 17.5 Å². The van der Waals surface area contributed by atoms with E-state index in [4.69, 9.17) is 5.73 Å². The number of nitrogens with zero attached hydrogens (tertiary/aromatic N) is 4. The van der Waals surface area contributed by atoms with Crippen molar-refractivity contribution in [2.45, 2.75) is 25.8 Å². The summed E-state index contributed by atoms with van der Waals surface area (Å²) in [6.07, 6.45) is 2.23. The predicted octanol–water partition coefficient (Wildman–Crippen LogP) is 1.63. The molecule has 0 saturated heterocycles. The van der Waals surface area contributed by atoms with Gasteiger partial charge < -0.3 is 11.1 Å². The average molecular weight is 323 g/mol. The third-order valence-electron chi connectivity index (χ3n) is 3.58. The summed E-state index contributed by atoms with van der Waals surface area (Å²) in [7, 11) is 0. The first-order chi connectivity index (χ1) is 10.2. The summed E-state index contributed by atoms with van der Waals surface area (Å²) in [6, 6.07) is 7.95. The molecule has 1 aliphatic carbocycles. The summed E-state index contributed by atoms with van der Waals surface area (Å²) in [6.45, 7) is 2.12. The minimum atomic E-state index is -0.217. The van der Waals surface area contributed by atoms with E-state index >= 15 is 0 Å². The van der Waals surface area contributed by atoms with Gasteiger partial charge in [0.1, 0.15) is 0 Å². The number of nitrogens with two attached hydrogens (primary N) is 1. The first-order valence-corrected chi connectivity index (χ1v) is 7.08. The Bertz CT molecular complexity index is 654. The Hall–Kier alpha value is -1.99. The molecule has 1 fully saturated rings. The van der Waals surface area contributed by atoms with Crippen molar-refractivity contribution in [1.29, 1.82) is 0 Å². The van der Waals surface area contributed by atoms with Crippen molar-refractivity contribution >= 4 is 24.0 Å². The molecule has 118 valence electrons. The molecule has 1 aromatic heterocycles. The molecule has 1 saturated carbocycles. The number of tetrazole rings is 1.